The summed E-state index contributed by atoms with van der Waals surface area (Å²) in [6, 6.07) is 18.1. The normalized spacial score (nSPS) is 21.4. The van der Waals surface area contributed by atoms with Crippen LogP contribution in [0.15, 0.2) is 84.0 Å². The van der Waals surface area contributed by atoms with Crippen LogP contribution in [0.25, 0.3) is 5.00 Å². The predicted molar refractivity (Wildman–Crippen MR) is 289 cm³/mol. The summed E-state index contributed by atoms with van der Waals surface area (Å²) >= 11 is 14.3. The molecule has 3 aromatic heterocycles. The van der Waals surface area contributed by atoms with Crippen LogP contribution < -0.4 is 26.4 Å². The number of phenolic OH excluding ortho intramolecular Hbond substituents is 1. The lowest BCUT2D eigenvalue weighted by Gasteiger charge is -2.34. The Morgan fingerprint density at radius 1 is 0.946 bits per heavy atom. The minimum absolute atomic E-state index is 0. The Morgan fingerprint density at radius 2 is 1.68 bits per heavy atom. The first-order valence-corrected chi connectivity index (χ1v) is 25.9. The van der Waals surface area contributed by atoms with E-state index in [0.29, 0.717) is 39.4 Å². The number of aromatic nitrogens is 5. The molecule has 6 aromatic rings. The monoisotopic (exact) mass is 1070 g/mol. The molecule has 0 spiro atoms. The highest BCUT2D eigenvalue weighted by Crippen LogP contribution is 2.46. The van der Waals surface area contributed by atoms with E-state index in [4.69, 9.17) is 43.4 Å². The first-order chi connectivity index (χ1) is 34.8. The number of ether oxygens (including phenoxy) is 2. The minimum atomic E-state index is -0.539. The topological polar surface area (TPSA) is 270 Å². The molecule has 3 aromatic carbocycles. The van der Waals surface area contributed by atoms with E-state index in [1.54, 1.807) is 36.8 Å². The smallest absolute Gasteiger partial charge is 0.229 e. The molecule has 18 nitrogen and oxygen atoms in total. The second-order valence-electron chi connectivity index (χ2n) is 18.9. The Labute approximate surface area is 443 Å². The molecule has 21 heteroatoms. The molecule has 5 heterocycles. The third-order valence-electron chi connectivity index (χ3n) is 14.6. The lowest BCUT2D eigenvalue weighted by atomic mass is 9.88. The molecule has 3 aliphatic carbocycles. The number of halogens is 2. The van der Waals surface area contributed by atoms with E-state index in [1.807, 2.05) is 41.8 Å². The van der Waals surface area contributed by atoms with Crippen molar-refractivity contribution in [3.63, 3.8) is 0 Å². The number of nitrogens with one attached hydrogen (secondary N) is 3. The largest absolute Gasteiger partial charge is 0.508 e. The maximum absolute atomic E-state index is 13.0. The molecule has 2 aliphatic heterocycles. The Bertz CT molecular complexity index is 3070. The number of morpholine rings is 1. The zero-order chi connectivity index (χ0) is 50.2. The van der Waals surface area contributed by atoms with Gasteiger partial charge in [-0.3, -0.25) is 24.0 Å². The van der Waals surface area contributed by atoms with Gasteiger partial charge in [0.25, 0.3) is 0 Å². The van der Waals surface area contributed by atoms with Crippen LogP contribution in [-0.2, 0) is 27.2 Å². The van der Waals surface area contributed by atoms with Gasteiger partial charge >= 0.3 is 0 Å². The zero-order valence-corrected chi connectivity index (χ0v) is 43.8. The summed E-state index contributed by atoms with van der Waals surface area (Å²) in [4.78, 5) is 43.1. The number of phenols is 1. The summed E-state index contributed by atoms with van der Waals surface area (Å²) in [6.07, 6.45) is 11.0. The predicted octanol–water partition coefficient (Wildman–Crippen LogP) is 7.43. The van der Waals surface area contributed by atoms with E-state index in [0.717, 1.165) is 103 Å². The van der Waals surface area contributed by atoms with Crippen LogP contribution in [-0.4, -0.2) is 109 Å². The zero-order valence-electron chi connectivity index (χ0n) is 41.5. The van der Waals surface area contributed by atoms with Crippen LogP contribution in [0, 0.1) is 38.5 Å². The standard InChI is InChI=1S/C28H35ClN6O3.C25H22ClN5O2S.2H2O/c1-37-25-20-8-7-19(35-10-12-38-13-11-35)6-4-16(20)5-9-22(25)32-28-31-15-21(29)27(34-28)33-24-18-3-2-17(14-18)23(24)26(30)36;1-13-14(2)34-25-22(13)23(16-4-6-17(26)7-5-16)28-20(24-30-29-15(3)31(24)25)12-21(33)27-18-8-10-19(32)11-9-18;;/h2-3,5,9,15,17-19,23-24H,4,6-8,10-14H2,1H3,(H2,30,36)(H2,31,32,33,34);4-11,20,32H,12H2,1-3H3,(H,27,33);2*1H2/t17-,18+,19+,23+,24-;20-;;/m10../s1. The van der Waals surface area contributed by atoms with Crippen molar-refractivity contribution in [3.05, 3.63) is 133 Å². The third-order valence-corrected chi connectivity index (χ3v) is 16.3. The number of primary amides is 1. The number of nitrogens with two attached hydrogens (primary N) is 1. The number of thiophene rings is 1. The molecule has 10 N–H and O–H groups in total. The molecule has 6 atom stereocenters. The summed E-state index contributed by atoms with van der Waals surface area (Å²) in [5.74, 6) is 2.86. The van der Waals surface area contributed by atoms with Gasteiger partial charge in [-0.15, -0.1) is 21.5 Å². The molecule has 5 aliphatic rings. The fraction of sp³-hybridized carbons (Fsp3) is 0.377. The summed E-state index contributed by atoms with van der Waals surface area (Å²) in [7, 11) is 1.72. The number of allylic oxidation sites excluding steroid dienone is 1. The number of rotatable bonds is 11. The lowest BCUT2D eigenvalue weighted by molar-refractivity contribution is -0.122. The van der Waals surface area contributed by atoms with Crippen LogP contribution in [0.5, 0.6) is 11.5 Å². The maximum Gasteiger partial charge on any atom is 0.229 e. The molecule has 1 saturated carbocycles. The molecule has 1 saturated heterocycles. The molecule has 74 heavy (non-hydrogen) atoms. The molecule has 0 radical (unpaired) electrons. The lowest BCUT2D eigenvalue weighted by Crippen LogP contribution is -2.43. The molecule has 2 bridgehead atoms. The number of hydrogen-bond acceptors (Lipinski definition) is 14. The van der Waals surface area contributed by atoms with Crippen molar-refractivity contribution in [2.75, 3.05) is 49.4 Å². The number of carbonyl (C=O) groups excluding carboxylic acids is 2. The molecule has 11 rings (SSSR count). The molecular formula is C53H61Cl2N11O7S. The highest BCUT2D eigenvalue weighted by atomic mass is 35.5. The van der Waals surface area contributed by atoms with E-state index >= 15 is 0 Å². The molecule has 0 unspecified atom stereocenters. The fourth-order valence-electron chi connectivity index (χ4n) is 10.9. The number of benzene rings is 3. The van der Waals surface area contributed by atoms with Crippen molar-refractivity contribution in [2.24, 2.45) is 28.5 Å². The Morgan fingerprint density at radius 3 is 2.41 bits per heavy atom. The van der Waals surface area contributed by atoms with Crippen LogP contribution >= 0.6 is 34.5 Å². The molecular weight excluding hydrogens is 1010 g/mol. The van der Waals surface area contributed by atoms with Crippen molar-refractivity contribution < 1.29 is 35.1 Å². The number of methoxy groups -OCH3 is 1. The number of hydrogen-bond donors (Lipinski definition) is 5. The van der Waals surface area contributed by atoms with E-state index in [1.165, 1.54) is 28.1 Å². The number of nitrogens with zero attached hydrogens (tertiary/aromatic N) is 7. The first-order valence-electron chi connectivity index (χ1n) is 24.3. The van der Waals surface area contributed by atoms with Crippen LogP contribution in [0.2, 0.25) is 10.0 Å². The SMILES string of the molecule is COc1c(Nc2ncc(Cl)c(N[C@H]3[C@@H](C(N)=O)[C@@H]4C=C[C@H]3C4)n2)ccc2c1CC[C@@H](N1CCOCC1)CC2.Cc1sc2c(c1C)C(c1ccc(Cl)cc1)=N[C@@H](CC(=O)Nc1ccc(O)cc1)c1nnc(C)n1-2.O.O. The van der Waals surface area contributed by atoms with Gasteiger partial charge < -0.3 is 47.2 Å². The second-order valence-corrected chi connectivity index (χ2v) is 21.0. The number of carbonyl (C=O) groups is 2. The minimum Gasteiger partial charge on any atom is -0.508 e. The average Bonchev–Trinajstić information content (AvgIpc) is 4.10. The van der Waals surface area contributed by atoms with Crippen molar-refractivity contribution in [2.45, 2.75) is 77.4 Å². The van der Waals surface area contributed by atoms with Gasteiger partial charge in [-0.25, -0.2) is 4.98 Å². The van der Waals surface area contributed by atoms with Crippen molar-refractivity contribution in [1.29, 1.82) is 0 Å². The number of aliphatic imine (C=N–C) groups is 1. The maximum atomic E-state index is 13.0. The Kier molecular flexibility index (Phi) is 16.7. The van der Waals surface area contributed by atoms with E-state index in [9.17, 15) is 14.7 Å². The third kappa shape index (κ3) is 11.0. The summed E-state index contributed by atoms with van der Waals surface area (Å²) in [6.45, 7) is 9.75. The number of anilines is 4. The van der Waals surface area contributed by atoms with Gasteiger partial charge in [-0.05, 0) is 124 Å². The number of aromatic hydroxyl groups is 1. The van der Waals surface area contributed by atoms with Gasteiger partial charge in [0, 0.05) is 51.9 Å². The summed E-state index contributed by atoms with van der Waals surface area (Å²) in [5.41, 5.74) is 13.6. The van der Waals surface area contributed by atoms with Crippen LogP contribution in [0.1, 0.15) is 76.1 Å². The van der Waals surface area contributed by atoms with Gasteiger partial charge in [0.2, 0.25) is 17.8 Å². The average molecular weight is 1070 g/mol. The molecule has 2 fully saturated rings. The first kappa shape index (κ1) is 53.8. The van der Waals surface area contributed by atoms with Gasteiger partial charge in [-0.2, -0.15) is 4.98 Å². The fourth-order valence-corrected chi connectivity index (χ4v) is 12.4. The molecule has 390 valence electrons. The molecule has 2 amide bonds. The Balaban J connectivity index is 0.000000193. The number of fused-ring (bicyclic) bond motifs is 6. The number of aryl methyl sites for hydroxylation is 3. The van der Waals surface area contributed by atoms with Gasteiger partial charge in [0.15, 0.2) is 11.6 Å². The van der Waals surface area contributed by atoms with Crippen LogP contribution in [0.3, 0.4) is 0 Å². The van der Waals surface area contributed by atoms with Crippen molar-refractivity contribution >= 4 is 75.2 Å². The van der Waals surface area contributed by atoms with Crippen molar-refractivity contribution in [3.8, 4) is 16.5 Å². The van der Waals surface area contributed by atoms with Crippen LogP contribution in [0.4, 0.5) is 23.1 Å². The summed E-state index contributed by atoms with van der Waals surface area (Å²) < 4.78 is 13.5. The van der Waals surface area contributed by atoms with E-state index in [-0.39, 0.29) is 58.7 Å². The van der Waals surface area contributed by atoms with Crippen molar-refractivity contribution in [1.82, 2.24) is 29.6 Å². The summed E-state index contributed by atoms with van der Waals surface area (Å²) in [5, 5.41) is 29.9. The number of amides is 2. The Hall–Kier alpha value is -6.45. The highest BCUT2D eigenvalue weighted by Gasteiger charge is 2.48. The van der Waals surface area contributed by atoms with E-state index in [2.05, 4.69) is 73.1 Å². The quantitative estimate of drug-likeness (QED) is 0.0482. The van der Waals surface area contributed by atoms with Gasteiger partial charge in [0.05, 0.1) is 50.3 Å². The van der Waals surface area contributed by atoms with E-state index < -0.39 is 6.04 Å². The second kappa shape index (κ2) is 23.0. The van der Waals surface area contributed by atoms with Gasteiger partial charge in [-0.1, -0.05) is 53.6 Å². The highest BCUT2D eigenvalue weighted by molar-refractivity contribution is 7.15. The van der Waals surface area contributed by atoms with Gasteiger partial charge in [0.1, 0.15) is 33.4 Å².